The van der Waals surface area contributed by atoms with Gasteiger partial charge in [-0.3, -0.25) is 4.79 Å². The molecule has 3 heterocycles. The van der Waals surface area contributed by atoms with Gasteiger partial charge in [-0.15, -0.1) is 0 Å². The molecule has 0 atom stereocenters. The SMILES string of the molecule is CCCSc1nc(N2CCOCC2)c2cnn(CCNC(=O)c3ccc(OCC)cc3)c2n1. The third kappa shape index (κ3) is 5.75. The lowest BCUT2D eigenvalue weighted by Gasteiger charge is -2.28. The third-order valence-corrected chi connectivity index (χ3v) is 6.29. The molecule has 2 aromatic heterocycles. The van der Waals surface area contributed by atoms with E-state index >= 15 is 0 Å². The van der Waals surface area contributed by atoms with Crippen LogP contribution in [0.2, 0.25) is 0 Å². The van der Waals surface area contributed by atoms with E-state index in [1.54, 1.807) is 36.0 Å². The summed E-state index contributed by atoms with van der Waals surface area (Å²) in [5.74, 6) is 2.49. The molecule has 0 aliphatic carbocycles. The lowest BCUT2D eigenvalue weighted by Crippen LogP contribution is -2.37. The molecule has 0 unspecified atom stereocenters. The van der Waals surface area contributed by atoms with Gasteiger partial charge in [0.1, 0.15) is 11.6 Å². The number of anilines is 1. The highest BCUT2D eigenvalue weighted by molar-refractivity contribution is 7.99. The predicted molar refractivity (Wildman–Crippen MR) is 129 cm³/mol. The van der Waals surface area contributed by atoms with Crippen molar-refractivity contribution in [1.82, 2.24) is 25.1 Å². The zero-order valence-corrected chi connectivity index (χ0v) is 19.9. The molecule has 1 aliphatic rings. The van der Waals surface area contributed by atoms with E-state index in [1.165, 1.54) is 0 Å². The molecule has 1 aliphatic heterocycles. The summed E-state index contributed by atoms with van der Waals surface area (Å²) in [4.78, 5) is 24.4. The molecule has 0 saturated carbocycles. The van der Waals surface area contributed by atoms with Crippen molar-refractivity contribution in [3.8, 4) is 5.75 Å². The molecule has 1 aromatic carbocycles. The number of rotatable bonds is 10. The molecule has 1 fully saturated rings. The molecule has 9 nitrogen and oxygen atoms in total. The molecule has 33 heavy (non-hydrogen) atoms. The second kappa shape index (κ2) is 11.3. The quantitative estimate of drug-likeness (QED) is 0.357. The van der Waals surface area contributed by atoms with E-state index in [0.717, 1.165) is 53.0 Å². The maximum Gasteiger partial charge on any atom is 0.251 e. The van der Waals surface area contributed by atoms with E-state index in [-0.39, 0.29) is 5.91 Å². The average molecular weight is 471 g/mol. The number of morpholine rings is 1. The van der Waals surface area contributed by atoms with Crippen LogP contribution in [0, 0.1) is 0 Å². The van der Waals surface area contributed by atoms with Crippen LogP contribution in [0.3, 0.4) is 0 Å². The van der Waals surface area contributed by atoms with E-state index in [2.05, 4.69) is 22.2 Å². The summed E-state index contributed by atoms with van der Waals surface area (Å²) >= 11 is 1.65. The molecule has 3 aromatic rings. The van der Waals surface area contributed by atoms with E-state index in [1.807, 2.05) is 17.8 Å². The molecule has 176 valence electrons. The standard InChI is InChI=1S/C23H30N6O3S/c1-3-15-33-23-26-20(28-11-13-31-14-12-28)19-16-25-29(21(19)27-23)10-9-24-22(30)17-5-7-18(8-6-17)32-4-2/h5-8,16H,3-4,9-15H2,1-2H3,(H,24,30). The molecule has 1 amide bonds. The zero-order valence-electron chi connectivity index (χ0n) is 19.1. The number of hydrogen-bond acceptors (Lipinski definition) is 8. The number of amides is 1. The summed E-state index contributed by atoms with van der Waals surface area (Å²) in [7, 11) is 0. The monoisotopic (exact) mass is 470 g/mol. The Labute approximate surface area is 197 Å². The van der Waals surface area contributed by atoms with Crippen LogP contribution in [-0.2, 0) is 11.3 Å². The highest BCUT2D eigenvalue weighted by Crippen LogP contribution is 2.28. The number of carbonyl (C=O) groups excluding carboxylic acids is 1. The van der Waals surface area contributed by atoms with Crippen molar-refractivity contribution in [2.45, 2.75) is 32.0 Å². The van der Waals surface area contributed by atoms with Gasteiger partial charge in [-0.05, 0) is 37.6 Å². The van der Waals surface area contributed by atoms with Gasteiger partial charge in [-0.2, -0.15) is 5.10 Å². The van der Waals surface area contributed by atoms with Crippen molar-refractivity contribution in [3.05, 3.63) is 36.0 Å². The average Bonchev–Trinajstić information content (AvgIpc) is 3.26. The van der Waals surface area contributed by atoms with Crippen LogP contribution < -0.4 is 15.0 Å². The fraction of sp³-hybridized carbons (Fsp3) is 0.478. The summed E-state index contributed by atoms with van der Waals surface area (Å²) in [6.07, 6.45) is 2.87. The first-order valence-electron chi connectivity index (χ1n) is 11.4. The number of hydrogen-bond donors (Lipinski definition) is 1. The minimum absolute atomic E-state index is 0.127. The highest BCUT2D eigenvalue weighted by Gasteiger charge is 2.20. The Morgan fingerprint density at radius 2 is 1.97 bits per heavy atom. The molecule has 0 spiro atoms. The third-order valence-electron chi connectivity index (χ3n) is 5.24. The molecule has 10 heteroatoms. The lowest BCUT2D eigenvalue weighted by molar-refractivity contribution is 0.0952. The fourth-order valence-electron chi connectivity index (χ4n) is 3.61. The van der Waals surface area contributed by atoms with Gasteiger partial charge >= 0.3 is 0 Å². The van der Waals surface area contributed by atoms with Crippen molar-refractivity contribution >= 4 is 34.5 Å². The number of thioether (sulfide) groups is 1. The summed E-state index contributed by atoms with van der Waals surface area (Å²) in [5, 5.41) is 9.20. The zero-order chi connectivity index (χ0) is 23.0. The van der Waals surface area contributed by atoms with Crippen LogP contribution in [0.1, 0.15) is 30.6 Å². The Morgan fingerprint density at radius 1 is 1.18 bits per heavy atom. The molecule has 1 saturated heterocycles. The van der Waals surface area contributed by atoms with Crippen LogP contribution in [0.25, 0.3) is 11.0 Å². The normalized spacial score (nSPS) is 13.9. The van der Waals surface area contributed by atoms with Crippen molar-refractivity contribution in [2.24, 2.45) is 0 Å². The molecule has 4 rings (SSSR count). The van der Waals surface area contributed by atoms with Crippen LogP contribution in [0.15, 0.2) is 35.6 Å². The minimum Gasteiger partial charge on any atom is -0.494 e. The van der Waals surface area contributed by atoms with Crippen molar-refractivity contribution < 1.29 is 14.3 Å². The van der Waals surface area contributed by atoms with Gasteiger partial charge in [-0.25, -0.2) is 14.6 Å². The molecular weight excluding hydrogens is 440 g/mol. The van der Waals surface area contributed by atoms with Crippen molar-refractivity contribution in [3.63, 3.8) is 0 Å². The fourth-order valence-corrected chi connectivity index (χ4v) is 4.29. The first-order valence-corrected chi connectivity index (χ1v) is 12.4. The Morgan fingerprint density at radius 3 is 2.70 bits per heavy atom. The second-order valence-electron chi connectivity index (χ2n) is 7.60. The van der Waals surface area contributed by atoms with Gasteiger partial charge in [0.25, 0.3) is 5.91 Å². The Balaban J connectivity index is 1.47. The Hall–Kier alpha value is -2.85. The van der Waals surface area contributed by atoms with Crippen molar-refractivity contribution in [2.75, 3.05) is 50.1 Å². The maximum atomic E-state index is 12.5. The van der Waals surface area contributed by atoms with Crippen molar-refractivity contribution in [1.29, 1.82) is 0 Å². The Kier molecular flexibility index (Phi) is 8.01. The predicted octanol–water partition coefficient (Wildman–Crippen LogP) is 2.99. The van der Waals surface area contributed by atoms with Gasteiger partial charge in [-0.1, -0.05) is 18.7 Å². The van der Waals surface area contributed by atoms with Gasteiger partial charge in [0.15, 0.2) is 10.8 Å². The first-order chi connectivity index (χ1) is 16.2. The van der Waals surface area contributed by atoms with Crippen LogP contribution in [0.4, 0.5) is 5.82 Å². The van der Waals surface area contributed by atoms with Gasteiger partial charge < -0.3 is 19.7 Å². The summed E-state index contributed by atoms with van der Waals surface area (Å²) < 4.78 is 12.8. The number of carbonyl (C=O) groups is 1. The second-order valence-corrected chi connectivity index (χ2v) is 8.66. The van der Waals surface area contributed by atoms with Gasteiger partial charge in [0.2, 0.25) is 0 Å². The molecule has 0 radical (unpaired) electrons. The van der Waals surface area contributed by atoms with E-state index in [0.29, 0.717) is 38.5 Å². The number of fused-ring (bicyclic) bond motifs is 1. The molecule has 0 bridgehead atoms. The van der Waals surface area contributed by atoms with Crippen LogP contribution in [0.5, 0.6) is 5.75 Å². The highest BCUT2D eigenvalue weighted by atomic mass is 32.2. The summed E-state index contributed by atoms with van der Waals surface area (Å²) in [6.45, 7) is 8.61. The number of nitrogens with zero attached hydrogens (tertiary/aromatic N) is 5. The van der Waals surface area contributed by atoms with Crippen LogP contribution >= 0.6 is 11.8 Å². The van der Waals surface area contributed by atoms with E-state index in [9.17, 15) is 4.79 Å². The molecular formula is C23H30N6O3S. The Bertz CT molecular complexity index is 1070. The van der Waals surface area contributed by atoms with E-state index < -0.39 is 0 Å². The van der Waals surface area contributed by atoms with Gasteiger partial charge in [0, 0.05) is 31.0 Å². The maximum absolute atomic E-state index is 12.5. The van der Waals surface area contributed by atoms with Gasteiger partial charge in [0.05, 0.1) is 37.9 Å². The summed E-state index contributed by atoms with van der Waals surface area (Å²) in [6, 6.07) is 7.14. The number of ether oxygens (including phenoxy) is 2. The number of benzene rings is 1. The number of nitrogens with one attached hydrogen (secondary N) is 1. The number of aromatic nitrogens is 4. The van der Waals surface area contributed by atoms with E-state index in [4.69, 9.17) is 19.4 Å². The summed E-state index contributed by atoms with van der Waals surface area (Å²) in [5.41, 5.74) is 1.39. The largest absolute Gasteiger partial charge is 0.494 e. The lowest BCUT2D eigenvalue weighted by atomic mass is 10.2. The smallest absolute Gasteiger partial charge is 0.251 e. The van der Waals surface area contributed by atoms with Crippen LogP contribution in [-0.4, -0.2) is 70.9 Å². The molecule has 1 N–H and O–H groups in total. The topological polar surface area (TPSA) is 94.4 Å². The first kappa shape index (κ1) is 23.3. The minimum atomic E-state index is -0.127.